The number of hydrogen-bond donors (Lipinski definition) is 2. The second-order valence-corrected chi connectivity index (χ2v) is 6.26. The summed E-state index contributed by atoms with van der Waals surface area (Å²) >= 11 is 0. The summed E-state index contributed by atoms with van der Waals surface area (Å²) in [5.41, 5.74) is 1.61. The lowest BCUT2D eigenvalue weighted by Gasteiger charge is -2.31. The number of methoxy groups -OCH3 is 2. The van der Waals surface area contributed by atoms with Gasteiger partial charge in [-0.15, -0.1) is 0 Å². The number of benzene rings is 2. The van der Waals surface area contributed by atoms with Gasteiger partial charge in [-0.3, -0.25) is 10.0 Å². The van der Waals surface area contributed by atoms with Gasteiger partial charge in [0.1, 0.15) is 0 Å². The number of ether oxygens (including phenoxy) is 2. The Morgan fingerprint density at radius 2 is 1.14 bits per heavy atom. The Bertz CT molecular complexity index is 790. The molecule has 0 bridgehead atoms. The first kappa shape index (κ1) is 19.3. The molecule has 2 aromatic carbocycles. The van der Waals surface area contributed by atoms with Crippen molar-refractivity contribution < 1.29 is 19.7 Å². The van der Waals surface area contributed by atoms with Crippen LogP contribution in [0, 0.1) is 0 Å². The summed E-state index contributed by atoms with van der Waals surface area (Å²) in [5.74, 6) is 1.06. The van der Waals surface area contributed by atoms with E-state index in [9.17, 15) is 10.2 Å². The zero-order chi connectivity index (χ0) is 19.9. The van der Waals surface area contributed by atoms with E-state index in [4.69, 9.17) is 9.47 Å². The van der Waals surface area contributed by atoms with E-state index in [-0.39, 0.29) is 11.5 Å². The summed E-state index contributed by atoms with van der Waals surface area (Å²) in [4.78, 5) is 0. The fourth-order valence-corrected chi connectivity index (χ4v) is 2.79. The molecule has 28 heavy (non-hydrogen) atoms. The Kier molecular flexibility index (Phi) is 6.21. The van der Waals surface area contributed by atoms with E-state index in [2.05, 4.69) is 10.2 Å². The number of hydrazone groups is 2. The van der Waals surface area contributed by atoms with Crippen molar-refractivity contribution in [2.75, 3.05) is 40.4 Å². The second kappa shape index (κ2) is 8.98. The van der Waals surface area contributed by atoms with Crippen LogP contribution >= 0.6 is 0 Å². The van der Waals surface area contributed by atoms with Gasteiger partial charge in [0.15, 0.2) is 23.0 Å². The number of aromatic hydroxyl groups is 2. The number of rotatable bonds is 6. The molecule has 0 atom stereocenters. The molecule has 8 heteroatoms. The smallest absolute Gasteiger partial charge is 0.160 e. The van der Waals surface area contributed by atoms with Crippen molar-refractivity contribution in [1.82, 2.24) is 10.0 Å². The molecule has 1 aliphatic rings. The lowest BCUT2D eigenvalue weighted by atomic mass is 10.2. The fourth-order valence-electron chi connectivity index (χ4n) is 2.79. The zero-order valence-electron chi connectivity index (χ0n) is 15.9. The molecule has 1 heterocycles. The number of piperazine rings is 1. The molecule has 1 aliphatic heterocycles. The largest absolute Gasteiger partial charge is 0.504 e. The van der Waals surface area contributed by atoms with Crippen molar-refractivity contribution in [3.63, 3.8) is 0 Å². The molecule has 8 nitrogen and oxygen atoms in total. The van der Waals surface area contributed by atoms with E-state index in [1.54, 1.807) is 36.7 Å². The maximum Gasteiger partial charge on any atom is 0.160 e. The summed E-state index contributed by atoms with van der Waals surface area (Å²) in [5, 5.41) is 32.5. The van der Waals surface area contributed by atoms with Gasteiger partial charge >= 0.3 is 0 Å². The predicted molar refractivity (Wildman–Crippen MR) is 108 cm³/mol. The third-order valence-corrected chi connectivity index (χ3v) is 4.38. The van der Waals surface area contributed by atoms with Crippen LogP contribution < -0.4 is 9.47 Å². The van der Waals surface area contributed by atoms with E-state index in [1.807, 2.05) is 22.2 Å². The summed E-state index contributed by atoms with van der Waals surface area (Å²) in [6.45, 7) is 2.96. The molecule has 0 amide bonds. The Balaban J connectivity index is 1.51. The first-order valence-electron chi connectivity index (χ1n) is 8.91. The van der Waals surface area contributed by atoms with Gasteiger partial charge in [0.05, 0.1) is 52.8 Å². The first-order chi connectivity index (χ1) is 13.6. The van der Waals surface area contributed by atoms with Crippen LogP contribution in [0.2, 0.25) is 0 Å². The molecule has 1 fully saturated rings. The summed E-state index contributed by atoms with van der Waals surface area (Å²) < 4.78 is 10.1. The molecule has 148 valence electrons. The van der Waals surface area contributed by atoms with Crippen LogP contribution in [0.3, 0.4) is 0 Å². The molecule has 3 rings (SSSR count). The first-order valence-corrected chi connectivity index (χ1v) is 8.91. The average molecular weight is 384 g/mol. The molecule has 2 N–H and O–H groups in total. The fraction of sp³-hybridized carbons (Fsp3) is 0.300. The number of phenolic OH excluding ortho intramolecular Hbond substituents is 2. The molecule has 0 unspecified atom stereocenters. The summed E-state index contributed by atoms with van der Waals surface area (Å²) in [6.07, 6.45) is 3.44. The SMILES string of the molecule is COc1ccc(C=NN2CCN(N=Cc3ccc(OC)c(O)c3)CC2)cc1O. The second-order valence-electron chi connectivity index (χ2n) is 6.26. The van der Waals surface area contributed by atoms with Gasteiger partial charge in [-0.2, -0.15) is 10.2 Å². The van der Waals surface area contributed by atoms with Gasteiger partial charge in [0, 0.05) is 0 Å². The van der Waals surface area contributed by atoms with E-state index in [0.29, 0.717) is 11.5 Å². The Hall–Kier alpha value is -3.42. The number of hydrogen-bond acceptors (Lipinski definition) is 8. The predicted octanol–water partition coefficient (Wildman–Crippen LogP) is 2.10. The van der Waals surface area contributed by atoms with Gasteiger partial charge < -0.3 is 19.7 Å². The van der Waals surface area contributed by atoms with Crippen LogP contribution in [-0.2, 0) is 0 Å². The maximum absolute atomic E-state index is 9.82. The zero-order valence-corrected chi connectivity index (χ0v) is 15.9. The minimum atomic E-state index is 0.0928. The van der Waals surface area contributed by atoms with Crippen molar-refractivity contribution in [3.8, 4) is 23.0 Å². The molecule has 2 aromatic rings. The molecule has 0 radical (unpaired) electrons. The highest BCUT2D eigenvalue weighted by Crippen LogP contribution is 2.26. The lowest BCUT2D eigenvalue weighted by molar-refractivity contribution is 0.141. The number of phenols is 2. The van der Waals surface area contributed by atoms with Gasteiger partial charge in [0.25, 0.3) is 0 Å². The maximum atomic E-state index is 9.82. The van der Waals surface area contributed by atoms with E-state index >= 15 is 0 Å². The highest BCUT2D eigenvalue weighted by atomic mass is 16.5. The molecular weight excluding hydrogens is 360 g/mol. The van der Waals surface area contributed by atoms with Gasteiger partial charge in [-0.05, 0) is 47.5 Å². The van der Waals surface area contributed by atoms with Crippen LogP contribution in [0.5, 0.6) is 23.0 Å². The summed E-state index contributed by atoms with van der Waals surface area (Å²) in [7, 11) is 3.03. The van der Waals surface area contributed by atoms with Crippen LogP contribution in [-0.4, -0.2) is 73.1 Å². The molecule has 0 saturated carbocycles. The lowest BCUT2D eigenvalue weighted by Crippen LogP contribution is -2.41. The van der Waals surface area contributed by atoms with Gasteiger partial charge in [0.2, 0.25) is 0 Å². The topological polar surface area (TPSA) is 90.1 Å². The van der Waals surface area contributed by atoms with Crippen LogP contribution in [0.25, 0.3) is 0 Å². The number of nitrogens with zero attached hydrogens (tertiary/aromatic N) is 4. The van der Waals surface area contributed by atoms with Crippen molar-refractivity contribution in [2.24, 2.45) is 10.2 Å². The monoisotopic (exact) mass is 384 g/mol. The van der Waals surface area contributed by atoms with E-state index in [0.717, 1.165) is 37.3 Å². The molecular formula is C20H24N4O4. The van der Waals surface area contributed by atoms with Crippen molar-refractivity contribution in [1.29, 1.82) is 0 Å². The van der Waals surface area contributed by atoms with E-state index < -0.39 is 0 Å². The molecule has 1 saturated heterocycles. The van der Waals surface area contributed by atoms with E-state index in [1.165, 1.54) is 14.2 Å². The highest BCUT2D eigenvalue weighted by Gasteiger charge is 2.13. The van der Waals surface area contributed by atoms with Gasteiger partial charge in [-0.1, -0.05) is 0 Å². The Morgan fingerprint density at radius 1 is 0.750 bits per heavy atom. The quantitative estimate of drug-likeness (QED) is 0.742. The van der Waals surface area contributed by atoms with Crippen LogP contribution in [0.4, 0.5) is 0 Å². The Morgan fingerprint density at radius 3 is 1.46 bits per heavy atom. The average Bonchev–Trinajstić information content (AvgIpc) is 2.71. The molecule has 0 aromatic heterocycles. The van der Waals surface area contributed by atoms with Gasteiger partial charge in [-0.25, -0.2) is 0 Å². The third-order valence-electron chi connectivity index (χ3n) is 4.38. The van der Waals surface area contributed by atoms with Crippen molar-refractivity contribution >= 4 is 12.4 Å². The minimum Gasteiger partial charge on any atom is -0.504 e. The third kappa shape index (κ3) is 4.85. The standard InChI is InChI=1S/C20H24N4O4/c1-27-19-5-3-15(11-17(19)25)13-21-23-7-9-24(10-8-23)22-14-16-4-6-20(28-2)18(26)12-16/h3-6,11-14,25-26H,7-10H2,1-2H3. The summed E-state index contributed by atoms with van der Waals surface area (Å²) in [6, 6.07) is 10.3. The van der Waals surface area contributed by atoms with Crippen molar-refractivity contribution in [3.05, 3.63) is 47.5 Å². The van der Waals surface area contributed by atoms with Crippen LogP contribution in [0.1, 0.15) is 11.1 Å². The minimum absolute atomic E-state index is 0.0928. The highest BCUT2D eigenvalue weighted by molar-refractivity contribution is 5.81. The normalized spacial score (nSPS) is 14.8. The van der Waals surface area contributed by atoms with Crippen LogP contribution in [0.15, 0.2) is 46.6 Å². The Labute approximate surface area is 163 Å². The molecule has 0 spiro atoms. The van der Waals surface area contributed by atoms with Crippen molar-refractivity contribution in [2.45, 2.75) is 0 Å². The molecule has 0 aliphatic carbocycles.